The highest BCUT2D eigenvalue weighted by atomic mass is 35.5. The van der Waals surface area contributed by atoms with Gasteiger partial charge in [0.2, 0.25) is 6.57 Å². The topological polar surface area (TPSA) is 33.3 Å². The zero-order valence-corrected chi connectivity index (χ0v) is 16.1. The van der Waals surface area contributed by atoms with E-state index in [9.17, 15) is 0 Å². The van der Waals surface area contributed by atoms with Gasteiger partial charge in [0.25, 0.3) is 0 Å². The van der Waals surface area contributed by atoms with Crippen molar-refractivity contribution >= 4 is 76.4 Å². The van der Waals surface area contributed by atoms with Gasteiger partial charge < -0.3 is 4.52 Å². The zero-order chi connectivity index (χ0) is 15.5. The molecule has 0 spiro atoms. The third-order valence-electron chi connectivity index (χ3n) is 2.12. The lowest BCUT2D eigenvalue weighted by molar-refractivity contribution is 0.582. The fourth-order valence-corrected chi connectivity index (χ4v) is 5.15. The molecule has 114 valence electrons. The van der Waals surface area contributed by atoms with Crippen LogP contribution in [0.3, 0.4) is 0 Å². The minimum absolute atomic E-state index is 0.0762. The van der Waals surface area contributed by atoms with Gasteiger partial charge in [-0.2, -0.15) is 0 Å². The molecule has 20 heavy (non-hydrogen) atoms. The number of hydrogen-bond donors (Lipinski definition) is 2. The summed E-state index contributed by atoms with van der Waals surface area (Å²) in [6.45, 7) is 2.51. The van der Waals surface area contributed by atoms with Crippen LogP contribution in [0.2, 0.25) is 25.1 Å². The van der Waals surface area contributed by atoms with Gasteiger partial charge in [0.1, 0.15) is 10.0 Å². The number of hydrogen-bond acceptors (Lipinski definition) is 2. The molecule has 0 saturated carbocycles. The molecular formula is C10H12Cl5N2OPS. The largest absolute Gasteiger partial charge is 0.438 e. The number of nitrogens with one attached hydrogen (secondary N) is 2. The van der Waals surface area contributed by atoms with E-state index in [2.05, 4.69) is 10.2 Å². The summed E-state index contributed by atoms with van der Waals surface area (Å²) in [5.41, 5.74) is 0. The summed E-state index contributed by atoms with van der Waals surface area (Å²) >= 11 is 35.6. The molecule has 0 atom stereocenters. The van der Waals surface area contributed by atoms with E-state index in [4.69, 9.17) is 74.3 Å². The minimum Gasteiger partial charge on any atom is -0.438 e. The van der Waals surface area contributed by atoms with Crippen LogP contribution in [0.1, 0.15) is 13.8 Å². The smallest absolute Gasteiger partial charge is 0.247 e. The summed E-state index contributed by atoms with van der Waals surface area (Å²) in [6.07, 6.45) is 0. The van der Waals surface area contributed by atoms with Gasteiger partial charge in [-0.05, 0) is 11.8 Å². The molecule has 0 amide bonds. The maximum Gasteiger partial charge on any atom is 0.247 e. The number of rotatable bonds is 6. The highest BCUT2D eigenvalue weighted by Gasteiger charge is 2.25. The minimum atomic E-state index is -2.55. The van der Waals surface area contributed by atoms with Crippen LogP contribution in [-0.2, 0) is 11.8 Å². The summed E-state index contributed by atoms with van der Waals surface area (Å²) in [5.74, 6) is 0.123. The van der Waals surface area contributed by atoms with Crippen molar-refractivity contribution < 1.29 is 4.52 Å². The second kappa shape index (κ2) is 8.05. The summed E-state index contributed by atoms with van der Waals surface area (Å²) in [7, 11) is 0. The van der Waals surface area contributed by atoms with Gasteiger partial charge in [-0.25, -0.2) is 10.2 Å². The first-order valence-electron chi connectivity index (χ1n) is 5.58. The molecule has 0 radical (unpaired) electrons. The van der Waals surface area contributed by atoms with Gasteiger partial charge in [0.05, 0.1) is 15.1 Å². The molecule has 0 saturated heterocycles. The first kappa shape index (κ1) is 19.1. The van der Waals surface area contributed by atoms with Crippen molar-refractivity contribution in [3.63, 3.8) is 0 Å². The van der Waals surface area contributed by atoms with Gasteiger partial charge >= 0.3 is 0 Å². The van der Waals surface area contributed by atoms with Crippen molar-refractivity contribution in [3.8, 4) is 5.75 Å². The Morgan fingerprint density at radius 1 is 0.850 bits per heavy atom. The van der Waals surface area contributed by atoms with E-state index in [0.29, 0.717) is 13.1 Å². The number of halogens is 5. The van der Waals surface area contributed by atoms with Crippen LogP contribution < -0.4 is 14.7 Å². The van der Waals surface area contributed by atoms with Crippen LogP contribution in [0, 0.1) is 0 Å². The Morgan fingerprint density at radius 3 is 1.55 bits per heavy atom. The average Bonchev–Trinajstić information content (AvgIpc) is 2.40. The molecule has 0 aromatic heterocycles. The average molecular weight is 417 g/mol. The SMILES string of the molecule is CCNP(=S)(NCC)Oc1c(Cl)c(Cl)c(Cl)c(Cl)c1Cl. The van der Waals surface area contributed by atoms with E-state index >= 15 is 0 Å². The molecule has 0 bridgehead atoms. The van der Waals surface area contributed by atoms with E-state index in [0.717, 1.165) is 0 Å². The van der Waals surface area contributed by atoms with E-state index in [1.165, 1.54) is 0 Å². The van der Waals surface area contributed by atoms with Gasteiger partial charge in [0.15, 0.2) is 5.75 Å². The van der Waals surface area contributed by atoms with E-state index in [1.807, 2.05) is 13.8 Å². The number of benzene rings is 1. The van der Waals surface area contributed by atoms with Gasteiger partial charge in [0, 0.05) is 13.1 Å². The van der Waals surface area contributed by atoms with Crippen molar-refractivity contribution in [3.05, 3.63) is 25.1 Å². The van der Waals surface area contributed by atoms with Crippen LogP contribution in [-0.4, -0.2) is 13.1 Å². The maximum absolute atomic E-state index is 6.11. The highest BCUT2D eigenvalue weighted by molar-refractivity contribution is 8.10. The molecule has 10 heteroatoms. The molecular weight excluding hydrogens is 404 g/mol. The van der Waals surface area contributed by atoms with Crippen molar-refractivity contribution in [1.29, 1.82) is 0 Å². The Kier molecular flexibility index (Phi) is 7.68. The molecule has 0 aliphatic heterocycles. The van der Waals surface area contributed by atoms with Crippen molar-refractivity contribution in [2.24, 2.45) is 0 Å². The molecule has 1 aromatic rings. The molecule has 0 unspecified atom stereocenters. The van der Waals surface area contributed by atoms with Gasteiger partial charge in [-0.1, -0.05) is 71.9 Å². The van der Waals surface area contributed by atoms with Crippen molar-refractivity contribution in [2.45, 2.75) is 13.8 Å². The predicted molar refractivity (Wildman–Crippen MR) is 93.8 cm³/mol. The second-order valence-electron chi connectivity index (χ2n) is 3.57. The molecule has 0 heterocycles. The Balaban J connectivity index is 3.30. The second-order valence-corrected chi connectivity index (χ2v) is 8.92. The summed E-state index contributed by atoms with van der Waals surface area (Å²) in [6, 6.07) is 0. The third-order valence-corrected chi connectivity index (χ3v) is 7.27. The fraction of sp³-hybridized carbons (Fsp3) is 0.400. The fourth-order valence-electron chi connectivity index (χ4n) is 1.33. The normalized spacial score (nSPS) is 11.8. The molecule has 0 fully saturated rings. The van der Waals surface area contributed by atoms with Gasteiger partial charge in [-0.3, -0.25) is 0 Å². The molecule has 2 N–H and O–H groups in total. The lowest BCUT2D eigenvalue weighted by Gasteiger charge is -2.25. The highest BCUT2D eigenvalue weighted by Crippen LogP contribution is 2.52. The monoisotopic (exact) mass is 414 g/mol. The van der Waals surface area contributed by atoms with E-state index in [1.54, 1.807) is 0 Å². The Morgan fingerprint density at radius 2 is 1.20 bits per heavy atom. The van der Waals surface area contributed by atoms with Crippen LogP contribution in [0.4, 0.5) is 0 Å². The van der Waals surface area contributed by atoms with Crippen LogP contribution in [0.15, 0.2) is 0 Å². The Labute approximate surface area is 148 Å². The Hall–Kier alpha value is 1.04. The first-order valence-corrected chi connectivity index (χ1v) is 10.2. The summed E-state index contributed by atoms with van der Waals surface area (Å²) < 4.78 is 5.77. The first-order chi connectivity index (χ1) is 9.27. The van der Waals surface area contributed by atoms with Gasteiger partial charge in [-0.15, -0.1) is 0 Å². The van der Waals surface area contributed by atoms with E-state index in [-0.39, 0.29) is 30.9 Å². The predicted octanol–water partition coefficient (Wildman–Crippen LogP) is 5.78. The van der Waals surface area contributed by atoms with Crippen molar-refractivity contribution in [2.75, 3.05) is 13.1 Å². The molecule has 1 aromatic carbocycles. The lowest BCUT2D eigenvalue weighted by atomic mass is 10.3. The summed E-state index contributed by atoms with van der Waals surface area (Å²) in [5, 5.41) is 6.54. The standard InChI is InChI=1S/C10H12Cl5N2OPS/c1-3-16-19(20,17-4-2)18-10-8(14)6(12)5(11)7(13)9(10)15/h3-4H2,1-2H3,(H2,16,17,20). The Bertz CT molecular complexity index is 518. The molecule has 3 nitrogen and oxygen atoms in total. The molecule has 1 rings (SSSR count). The maximum atomic E-state index is 6.11. The third kappa shape index (κ3) is 4.28. The van der Waals surface area contributed by atoms with E-state index < -0.39 is 6.57 Å². The van der Waals surface area contributed by atoms with Crippen LogP contribution in [0.25, 0.3) is 0 Å². The van der Waals surface area contributed by atoms with Crippen LogP contribution >= 0.6 is 64.6 Å². The quantitative estimate of drug-likeness (QED) is 0.350. The zero-order valence-electron chi connectivity index (χ0n) is 10.6. The van der Waals surface area contributed by atoms with Crippen molar-refractivity contribution in [1.82, 2.24) is 10.2 Å². The molecule has 0 aliphatic carbocycles. The van der Waals surface area contributed by atoms with Crippen LogP contribution in [0.5, 0.6) is 5.75 Å². The summed E-state index contributed by atoms with van der Waals surface area (Å²) in [4.78, 5) is 0. The lowest BCUT2D eigenvalue weighted by Crippen LogP contribution is -2.25. The molecule has 0 aliphatic rings.